The molecule has 1 saturated heterocycles. The Hall–Kier alpha value is -2.13. The fourth-order valence-electron chi connectivity index (χ4n) is 3.39. The second-order valence-electron chi connectivity index (χ2n) is 6.73. The van der Waals surface area contributed by atoms with Crippen LogP contribution in [0.5, 0.6) is 0 Å². The molecule has 0 spiro atoms. The van der Waals surface area contributed by atoms with Crippen molar-refractivity contribution in [2.45, 2.75) is 24.2 Å². The summed E-state index contributed by atoms with van der Waals surface area (Å²) in [6.45, 7) is 0.914. The van der Waals surface area contributed by atoms with E-state index in [4.69, 9.17) is 27.6 Å². The molecule has 0 saturated carbocycles. The smallest absolute Gasteiger partial charge is 0.407 e. The zero-order valence-corrected chi connectivity index (χ0v) is 17.4. The van der Waals surface area contributed by atoms with E-state index >= 15 is 0 Å². The Balaban J connectivity index is 1.78. The number of hydrogen-bond donors (Lipinski definition) is 0. The van der Waals surface area contributed by atoms with Crippen molar-refractivity contribution in [3.63, 3.8) is 0 Å². The summed E-state index contributed by atoms with van der Waals surface area (Å²) in [4.78, 5) is 25.2. The van der Waals surface area contributed by atoms with E-state index < -0.39 is 21.7 Å². The molecule has 1 aliphatic rings. The normalized spacial score (nSPS) is 15.7. The number of nitrogens with zero attached hydrogens (tertiary/aromatic N) is 2. The van der Waals surface area contributed by atoms with Crippen molar-refractivity contribution in [2.75, 3.05) is 13.1 Å². The minimum absolute atomic E-state index is 0.00604. The van der Waals surface area contributed by atoms with Crippen LogP contribution in [0.2, 0.25) is 10.0 Å². The highest BCUT2D eigenvalue weighted by atomic mass is 35.5. The van der Waals surface area contributed by atoms with Crippen LogP contribution in [0, 0.1) is 0 Å². The number of aromatic nitrogens is 1. The fourth-order valence-corrected chi connectivity index (χ4v) is 5.41. The lowest BCUT2D eigenvalue weighted by Gasteiger charge is -2.25. The van der Waals surface area contributed by atoms with Crippen molar-refractivity contribution in [3.8, 4) is 0 Å². The van der Waals surface area contributed by atoms with Gasteiger partial charge in [-0.05, 0) is 43.2 Å². The van der Waals surface area contributed by atoms with E-state index in [0.717, 1.165) is 23.8 Å². The first kappa shape index (κ1) is 20.2. The maximum atomic E-state index is 12.9. The van der Waals surface area contributed by atoms with Gasteiger partial charge in [0, 0.05) is 24.2 Å². The largest absolute Gasteiger partial charge is 0.427 e. The zero-order valence-electron chi connectivity index (χ0n) is 15.1. The number of hydrogen-bond acceptors (Lipinski definition) is 5. The van der Waals surface area contributed by atoms with Gasteiger partial charge in [-0.15, -0.1) is 0 Å². The molecule has 3 aromatic rings. The number of fused-ring (bicyclic) bond motifs is 1. The SMILES string of the molecule is O=C(c1ccc(Cl)cc1Cl)n1c(=O)oc2cc(S(=O)(=O)N3CCCCC3)ccc21. The van der Waals surface area contributed by atoms with Crippen LogP contribution < -0.4 is 5.76 Å². The van der Waals surface area contributed by atoms with Crippen LogP contribution in [0.1, 0.15) is 29.6 Å². The highest BCUT2D eigenvalue weighted by Crippen LogP contribution is 2.26. The summed E-state index contributed by atoms with van der Waals surface area (Å²) in [7, 11) is -3.70. The number of benzene rings is 2. The van der Waals surface area contributed by atoms with Crippen molar-refractivity contribution in [2.24, 2.45) is 0 Å². The number of halogens is 2. The van der Waals surface area contributed by atoms with Gasteiger partial charge in [0.2, 0.25) is 10.0 Å². The van der Waals surface area contributed by atoms with Crippen molar-refractivity contribution >= 4 is 50.2 Å². The lowest BCUT2D eigenvalue weighted by molar-refractivity contribution is 0.0956. The second-order valence-corrected chi connectivity index (χ2v) is 9.51. The molecule has 4 rings (SSSR count). The van der Waals surface area contributed by atoms with E-state index in [0.29, 0.717) is 18.1 Å². The first-order chi connectivity index (χ1) is 13.8. The topological polar surface area (TPSA) is 89.6 Å². The summed E-state index contributed by atoms with van der Waals surface area (Å²) in [6, 6.07) is 8.32. The molecule has 1 aromatic heterocycles. The molecule has 1 aliphatic heterocycles. The first-order valence-corrected chi connectivity index (χ1v) is 11.1. The van der Waals surface area contributed by atoms with E-state index in [1.165, 1.54) is 40.7 Å². The van der Waals surface area contributed by atoms with Crippen molar-refractivity contribution in [1.29, 1.82) is 0 Å². The highest BCUT2D eigenvalue weighted by Gasteiger charge is 2.28. The third-order valence-electron chi connectivity index (χ3n) is 4.87. The van der Waals surface area contributed by atoms with Crippen molar-refractivity contribution in [3.05, 3.63) is 62.6 Å². The van der Waals surface area contributed by atoms with Gasteiger partial charge in [0.25, 0.3) is 5.91 Å². The Bertz CT molecular complexity index is 1270. The van der Waals surface area contributed by atoms with Crippen LogP contribution in [0.15, 0.2) is 50.5 Å². The molecule has 1 fully saturated rings. The van der Waals surface area contributed by atoms with Crippen LogP contribution >= 0.6 is 23.2 Å². The summed E-state index contributed by atoms with van der Waals surface area (Å²) < 4.78 is 33.1. The Morgan fingerprint density at radius 2 is 1.72 bits per heavy atom. The van der Waals surface area contributed by atoms with Gasteiger partial charge in [0.1, 0.15) is 0 Å². The lowest BCUT2D eigenvalue weighted by Crippen LogP contribution is -2.35. The van der Waals surface area contributed by atoms with Crippen LogP contribution in [0.3, 0.4) is 0 Å². The lowest BCUT2D eigenvalue weighted by atomic mass is 10.2. The Morgan fingerprint density at radius 1 is 1.00 bits per heavy atom. The van der Waals surface area contributed by atoms with Gasteiger partial charge in [0.15, 0.2) is 5.58 Å². The quantitative estimate of drug-likeness (QED) is 0.600. The molecule has 0 atom stereocenters. The molecule has 0 radical (unpaired) electrons. The van der Waals surface area contributed by atoms with Crippen molar-refractivity contribution in [1.82, 2.24) is 8.87 Å². The maximum absolute atomic E-state index is 12.9. The molecule has 7 nitrogen and oxygen atoms in total. The van der Waals surface area contributed by atoms with E-state index in [1.54, 1.807) is 0 Å². The molecule has 2 aromatic carbocycles. The third-order valence-corrected chi connectivity index (χ3v) is 7.31. The zero-order chi connectivity index (χ0) is 20.8. The Labute approximate surface area is 176 Å². The molecule has 0 bridgehead atoms. The molecule has 10 heteroatoms. The average Bonchev–Trinajstić information content (AvgIpc) is 3.03. The molecule has 0 N–H and O–H groups in total. The average molecular weight is 455 g/mol. The van der Waals surface area contributed by atoms with E-state index in [-0.39, 0.29) is 26.6 Å². The molecule has 29 heavy (non-hydrogen) atoms. The summed E-state index contributed by atoms with van der Waals surface area (Å²) in [5.74, 6) is -1.62. The number of sulfonamides is 1. The minimum atomic E-state index is -3.70. The summed E-state index contributed by atoms with van der Waals surface area (Å²) >= 11 is 11.9. The van der Waals surface area contributed by atoms with Gasteiger partial charge in [-0.3, -0.25) is 4.79 Å². The third kappa shape index (κ3) is 3.61. The molecular formula is C19H16Cl2N2O5S. The van der Waals surface area contributed by atoms with Gasteiger partial charge in [-0.2, -0.15) is 4.31 Å². The predicted octanol–water partition coefficient (Wildman–Crippen LogP) is 3.76. The minimum Gasteiger partial charge on any atom is -0.407 e. The van der Waals surface area contributed by atoms with Crippen LogP contribution in [-0.4, -0.2) is 36.3 Å². The van der Waals surface area contributed by atoms with E-state index in [1.807, 2.05) is 0 Å². The number of carbonyl (C=O) groups is 1. The van der Waals surface area contributed by atoms with Crippen LogP contribution in [0.25, 0.3) is 11.1 Å². The van der Waals surface area contributed by atoms with Crippen molar-refractivity contribution < 1.29 is 17.6 Å². The Morgan fingerprint density at radius 3 is 2.41 bits per heavy atom. The number of carbonyl (C=O) groups excluding carboxylic acids is 1. The summed E-state index contributed by atoms with van der Waals surface area (Å²) in [5, 5.41) is 0.441. The van der Waals surface area contributed by atoms with E-state index in [9.17, 15) is 18.0 Å². The van der Waals surface area contributed by atoms with E-state index in [2.05, 4.69) is 0 Å². The first-order valence-electron chi connectivity index (χ1n) is 8.94. The van der Waals surface area contributed by atoms with Crippen LogP contribution in [0.4, 0.5) is 0 Å². The molecule has 0 unspecified atom stereocenters. The summed E-state index contributed by atoms with van der Waals surface area (Å²) in [5.41, 5.74) is 0.237. The second kappa shape index (κ2) is 7.60. The van der Waals surface area contributed by atoms with Gasteiger partial charge in [-0.1, -0.05) is 29.6 Å². The van der Waals surface area contributed by atoms with Gasteiger partial charge in [0.05, 0.1) is 21.0 Å². The molecule has 0 amide bonds. The van der Waals surface area contributed by atoms with Gasteiger partial charge >= 0.3 is 5.76 Å². The Kier molecular flexibility index (Phi) is 5.29. The molecule has 152 valence electrons. The molecule has 2 heterocycles. The molecule has 0 aliphatic carbocycles. The standard InChI is InChI=1S/C19H16Cl2N2O5S/c20-12-4-6-14(15(21)10-12)18(24)23-16-7-5-13(11-17(16)28-19(23)25)29(26,27)22-8-2-1-3-9-22/h4-7,10-11H,1-3,8-9H2. The number of oxazole rings is 1. The summed E-state index contributed by atoms with van der Waals surface area (Å²) in [6.07, 6.45) is 2.62. The number of piperidine rings is 1. The predicted molar refractivity (Wildman–Crippen MR) is 109 cm³/mol. The number of rotatable bonds is 3. The highest BCUT2D eigenvalue weighted by molar-refractivity contribution is 7.89. The fraction of sp³-hybridized carbons (Fsp3) is 0.263. The monoisotopic (exact) mass is 454 g/mol. The van der Waals surface area contributed by atoms with Gasteiger partial charge < -0.3 is 4.42 Å². The van der Waals surface area contributed by atoms with Crippen LogP contribution in [-0.2, 0) is 10.0 Å². The van der Waals surface area contributed by atoms with Gasteiger partial charge in [-0.25, -0.2) is 17.8 Å². The maximum Gasteiger partial charge on any atom is 0.427 e. The molecular weight excluding hydrogens is 439 g/mol.